The highest BCUT2D eigenvalue weighted by Crippen LogP contribution is 2.65. The van der Waals surface area contributed by atoms with E-state index >= 15 is 0 Å². The van der Waals surface area contributed by atoms with Crippen molar-refractivity contribution in [3.05, 3.63) is 34.9 Å². The summed E-state index contributed by atoms with van der Waals surface area (Å²) in [5, 5.41) is 22.0. The van der Waals surface area contributed by atoms with Crippen LogP contribution in [0.2, 0.25) is 18.1 Å². The van der Waals surface area contributed by atoms with E-state index in [1.54, 1.807) is 11.1 Å². The fraction of sp³-hybridized carbons (Fsp3) is 0.771. The molecule has 4 aliphatic carbocycles. The van der Waals surface area contributed by atoms with E-state index in [1.807, 2.05) is 25.6 Å². The van der Waals surface area contributed by atoms with E-state index in [2.05, 4.69) is 84.7 Å². The Hall–Kier alpha value is -0.773. The average Bonchev–Trinajstić information content (AvgIpc) is 3.23. The first-order valence-electron chi connectivity index (χ1n) is 15.8. The molecule has 2 saturated carbocycles. The molecule has 4 rings (SSSR count). The Balaban J connectivity index is 1.55. The normalized spacial score (nSPS) is 34.9. The molecule has 0 aliphatic heterocycles. The van der Waals surface area contributed by atoms with Crippen LogP contribution in [0.4, 0.5) is 0 Å². The zero-order chi connectivity index (χ0) is 29.7. The van der Waals surface area contributed by atoms with Gasteiger partial charge in [-0.15, -0.1) is 11.8 Å². The number of fused-ring (bicyclic) bond motifs is 5. The third-order valence-electron chi connectivity index (χ3n) is 11.8. The lowest BCUT2D eigenvalue weighted by molar-refractivity contribution is -0.0417. The third kappa shape index (κ3) is 5.62. The van der Waals surface area contributed by atoms with Gasteiger partial charge in [-0.3, -0.25) is 0 Å². The monoisotopic (exact) mass is 584 g/mol. The predicted octanol–water partition coefficient (Wildman–Crippen LogP) is 8.44. The van der Waals surface area contributed by atoms with Gasteiger partial charge in [0.2, 0.25) is 0 Å². The quantitative estimate of drug-likeness (QED) is 0.179. The summed E-state index contributed by atoms with van der Waals surface area (Å²) in [4.78, 5) is 0. The Morgan fingerprint density at radius 2 is 1.82 bits per heavy atom. The summed E-state index contributed by atoms with van der Waals surface area (Å²) in [6.45, 7) is 23.0. The summed E-state index contributed by atoms with van der Waals surface area (Å²) < 4.78 is 7.19. The van der Waals surface area contributed by atoms with Gasteiger partial charge in [-0.05, 0) is 87.3 Å². The lowest BCUT2D eigenvalue weighted by Crippen LogP contribution is -2.57. The maximum atomic E-state index is 10.9. The maximum absolute atomic E-state index is 10.9. The zero-order valence-corrected chi connectivity index (χ0v) is 28.8. The average molecular weight is 585 g/mol. The van der Waals surface area contributed by atoms with Gasteiger partial charge in [-0.2, -0.15) is 0 Å². The number of thioether (sulfide) groups is 1. The number of aliphatic hydroxyl groups is 2. The van der Waals surface area contributed by atoms with Gasteiger partial charge in [0.1, 0.15) is 5.60 Å². The molecule has 0 saturated heterocycles. The summed E-state index contributed by atoms with van der Waals surface area (Å²) in [7, 11) is -2.00. The number of hydrogen-bond donors (Lipinski definition) is 2. The highest BCUT2D eigenvalue weighted by Gasteiger charge is 2.58. The molecular formula is C35H56O3SSi. The predicted molar refractivity (Wildman–Crippen MR) is 174 cm³/mol. The molecule has 0 aromatic carbocycles. The molecule has 1 unspecified atom stereocenters. The number of aliphatic hydroxyl groups excluding tert-OH is 1. The SMILES string of the molecule is CCC(O)(C#CCSC(C)C1=CC[C@H]2C3=CC=C4C[C@@H](O)C[C@H](O[Si](C)(C)C(C)(C)C)[C@]4(C)[C@H]3CC[C@]12C)CC. The molecule has 224 valence electrons. The van der Waals surface area contributed by atoms with E-state index in [9.17, 15) is 10.2 Å². The van der Waals surface area contributed by atoms with Crippen molar-refractivity contribution in [1.29, 1.82) is 0 Å². The molecule has 3 nitrogen and oxygen atoms in total. The van der Waals surface area contributed by atoms with Gasteiger partial charge in [0.25, 0.3) is 0 Å². The lowest BCUT2D eigenvalue weighted by Gasteiger charge is -2.58. The Morgan fingerprint density at radius 3 is 2.45 bits per heavy atom. The molecule has 0 radical (unpaired) electrons. The standard InChI is InChI=1S/C35H56O3SSi/c1-11-35(37,12-2)19-13-21-39-24(3)28-16-17-29-27-15-14-25-22-26(36)23-31(38-40(9,10)32(4,5)6)34(25,8)30(27)18-20-33(28,29)7/h14-16,24,26,29-31,36-37H,11-12,17-18,20-23H2,1-10H3/t24?,26-,29+,30+,31+,33-,34+/m1/s1. The van der Waals surface area contributed by atoms with Gasteiger partial charge in [-0.1, -0.05) is 95.3 Å². The topological polar surface area (TPSA) is 49.7 Å². The molecular weight excluding hydrogens is 529 g/mol. The minimum absolute atomic E-state index is 0.0474. The third-order valence-corrected chi connectivity index (χ3v) is 17.4. The smallest absolute Gasteiger partial charge is 0.192 e. The van der Waals surface area contributed by atoms with Gasteiger partial charge in [0, 0.05) is 10.7 Å². The number of rotatable bonds is 7. The van der Waals surface area contributed by atoms with Crippen LogP contribution in [0, 0.1) is 34.5 Å². The first-order chi connectivity index (χ1) is 18.5. The molecule has 0 amide bonds. The van der Waals surface area contributed by atoms with Gasteiger partial charge in [0.05, 0.1) is 18.0 Å². The Labute approximate surface area is 250 Å². The highest BCUT2D eigenvalue weighted by molar-refractivity contribution is 8.00. The van der Waals surface area contributed by atoms with Crippen molar-refractivity contribution in [1.82, 2.24) is 0 Å². The lowest BCUT2D eigenvalue weighted by atomic mass is 9.49. The largest absolute Gasteiger partial charge is 0.413 e. The molecule has 0 bridgehead atoms. The molecule has 5 heteroatoms. The van der Waals surface area contributed by atoms with Crippen molar-refractivity contribution in [3.63, 3.8) is 0 Å². The van der Waals surface area contributed by atoms with Crippen molar-refractivity contribution >= 4 is 20.1 Å². The fourth-order valence-electron chi connectivity index (χ4n) is 7.86. The molecule has 2 N–H and O–H groups in total. The molecule has 40 heavy (non-hydrogen) atoms. The Kier molecular flexibility index (Phi) is 9.15. The molecule has 4 aliphatic rings. The molecule has 0 aromatic heterocycles. The molecule has 0 heterocycles. The first kappa shape index (κ1) is 32.1. The van der Waals surface area contributed by atoms with Crippen LogP contribution in [0.5, 0.6) is 0 Å². The van der Waals surface area contributed by atoms with Gasteiger partial charge in [-0.25, -0.2) is 0 Å². The number of allylic oxidation sites excluding steroid dienone is 4. The van der Waals surface area contributed by atoms with Crippen LogP contribution >= 0.6 is 11.8 Å². The van der Waals surface area contributed by atoms with Crippen LogP contribution < -0.4 is 0 Å². The van der Waals surface area contributed by atoms with Crippen molar-refractivity contribution in [2.24, 2.45) is 22.7 Å². The minimum Gasteiger partial charge on any atom is -0.413 e. The first-order valence-corrected chi connectivity index (χ1v) is 19.8. The Morgan fingerprint density at radius 1 is 1.15 bits per heavy atom. The van der Waals surface area contributed by atoms with E-state index in [4.69, 9.17) is 4.43 Å². The van der Waals surface area contributed by atoms with Crippen molar-refractivity contribution in [2.75, 3.05) is 5.75 Å². The summed E-state index contributed by atoms with van der Waals surface area (Å²) in [6, 6.07) is 0. The van der Waals surface area contributed by atoms with E-state index in [0.29, 0.717) is 29.9 Å². The summed E-state index contributed by atoms with van der Waals surface area (Å²) in [5.74, 6) is 8.18. The molecule has 7 atom stereocenters. The second kappa shape index (κ2) is 11.4. The summed E-state index contributed by atoms with van der Waals surface area (Å²) in [6.07, 6.45) is 13.5. The van der Waals surface area contributed by atoms with E-state index < -0.39 is 13.9 Å². The zero-order valence-electron chi connectivity index (χ0n) is 27.0. The second-order valence-electron chi connectivity index (χ2n) is 15.1. The summed E-state index contributed by atoms with van der Waals surface area (Å²) in [5.41, 5.74) is 3.91. The van der Waals surface area contributed by atoms with E-state index in [1.165, 1.54) is 18.4 Å². The van der Waals surface area contributed by atoms with Crippen LogP contribution in [-0.4, -0.2) is 47.3 Å². The van der Waals surface area contributed by atoms with Gasteiger partial charge in [0.15, 0.2) is 8.32 Å². The van der Waals surface area contributed by atoms with E-state index in [-0.39, 0.29) is 28.1 Å². The van der Waals surface area contributed by atoms with Gasteiger partial charge >= 0.3 is 0 Å². The van der Waals surface area contributed by atoms with Crippen LogP contribution in [0.15, 0.2) is 34.9 Å². The van der Waals surface area contributed by atoms with Crippen molar-refractivity contribution in [2.45, 2.75) is 142 Å². The number of hydrogen-bond acceptors (Lipinski definition) is 4. The van der Waals surface area contributed by atoms with Crippen molar-refractivity contribution in [3.8, 4) is 11.8 Å². The second-order valence-corrected chi connectivity index (χ2v) is 21.1. The molecule has 0 spiro atoms. The fourth-order valence-corrected chi connectivity index (χ4v) is 10.2. The van der Waals surface area contributed by atoms with Crippen LogP contribution in [0.25, 0.3) is 0 Å². The Bertz CT molecular complexity index is 1110. The minimum atomic E-state index is -2.00. The molecule has 2 fully saturated rings. The van der Waals surface area contributed by atoms with Crippen molar-refractivity contribution < 1.29 is 14.6 Å². The van der Waals surface area contributed by atoms with Crippen LogP contribution in [0.3, 0.4) is 0 Å². The maximum Gasteiger partial charge on any atom is 0.192 e. The highest BCUT2D eigenvalue weighted by atomic mass is 32.2. The van der Waals surface area contributed by atoms with E-state index in [0.717, 1.165) is 25.0 Å². The van der Waals surface area contributed by atoms with Gasteiger partial charge < -0.3 is 14.6 Å². The molecule has 0 aromatic rings. The van der Waals surface area contributed by atoms with Crippen LogP contribution in [-0.2, 0) is 4.43 Å². The van der Waals surface area contributed by atoms with Crippen LogP contribution in [0.1, 0.15) is 100 Å². The summed E-state index contributed by atoms with van der Waals surface area (Å²) >= 11 is 1.92.